The van der Waals surface area contributed by atoms with Crippen molar-refractivity contribution >= 4 is 67.1 Å². The fourth-order valence-corrected chi connectivity index (χ4v) is 10.0. The van der Waals surface area contributed by atoms with Crippen molar-refractivity contribution in [2.45, 2.75) is 170 Å². The third-order valence-corrected chi connectivity index (χ3v) is 16.9. The van der Waals surface area contributed by atoms with E-state index in [1.165, 1.54) is 0 Å². The minimum absolute atomic E-state index is 0.00133. The van der Waals surface area contributed by atoms with Gasteiger partial charge in [-0.2, -0.15) is 0 Å². The first-order valence-electron chi connectivity index (χ1n) is 18.6. The third-order valence-electron chi connectivity index (χ3n) is 13.0. The van der Waals surface area contributed by atoms with E-state index < -0.39 is 30.9 Å². The number of carbonyl (C=O) groups is 2. The van der Waals surface area contributed by atoms with E-state index in [0.717, 1.165) is 12.8 Å². The van der Waals surface area contributed by atoms with E-state index in [1.807, 2.05) is 6.92 Å². The molecule has 10 heteroatoms. The first-order valence-corrected chi connectivity index (χ1v) is 21.5. The fraction of sp³-hybridized carbons (Fsp3) is 0.946. The second-order valence-electron chi connectivity index (χ2n) is 15.8. The van der Waals surface area contributed by atoms with Crippen LogP contribution in [-0.2, 0) is 42.7 Å². The molecule has 4 rings (SSSR count). The summed E-state index contributed by atoms with van der Waals surface area (Å²) in [4.78, 5) is 25.7. The molecular weight excluding hydrogens is 674 g/mol. The van der Waals surface area contributed by atoms with Crippen LogP contribution < -0.4 is 0 Å². The molecule has 0 amide bonds. The predicted octanol–water partition coefficient (Wildman–Crippen LogP) is 6.15. The van der Waals surface area contributed by atoms with E-state index in [2.05, 4.69) is 69.2 Å². The molecule has 0 saturated carbocycles. The summed E-state index contributed by atoms with van der Waals surface area (Å²) in [6, 6.07) is 0. The van der Waals surface area contributed by atoms with Crippen LogP contribution in [0.15, 0.2) is 0 Å². The molecule has 0 aromatic rings. The summed E-state index contributed by atoms with van der Waals surface area (Å²) in [6.45, 7) is 27.0. The normalized spacial score (nSPS) is 51.0. The van der Waals surface area contributed by atoms with E-state index in [0.29, 0.717) is 11.8 Å². The van der Waals surface area contributed by atoms with Gasteiger partial charge < -0.3 is 0 Å². The molecule has 266 valence electrons. The molecule has 0 aliphatic carbocycles. The van der Waals surface area contributed by atoms with Gasteiger partial charge in [0.1, 0.15) is 0 Å². The fourth-order valence-electron chi connectivity index (χ4n) is 8.33. The monoisotopic (exact) mass is 736 g/mol. The molecule has 4 aliphatic rings. The molecule has 0 radical (unpaired) electrons. The maximum atomic E-state index is 13.1. The Morgan fingerprint density at radius 3 is 1.51 bits per heavy atom. The van der Waals surface area contributed by atoms with Crippen LogP contribution in [0.3, 0.4) is 0 Å². The SMILES string of the molecule is CCC1O[C@H](O[C@@H]2C(C(C)=O)O[C@@H](O[C@@H]3C(CC)O[C@@H](O[C@H]4C(C(C)=O)OC(C)C(C)[C@@H]4C)[CH]([Rb])[C@H]3C)C(C)[C@H]2C)C(C)[C@@H](C)[C@@H]1C. The summed E-state index contributed by atoms with van der Waals surface area (Å²) in [6.07, 6.45) is -2.15. The van der Waals surface area contributed by atoms with Gasteiger partial charge in [0.15, 0.2) is 0 Å². The Morgan fingerprint density at radius 2 is 0.957 bits per heavy atom. The first-order chi connectivity index (χ1) is 22.0. The number of Topliss-reactive ketones (excluding diaryl/α,β-unsaturated/α-hetero) is 2. The quantitative estimate of drug-likeness (QED) is 0.262. The van der Waals surface area contributed by atoms with Crippen molar-refractivity contribution in [2.75, 3.05) is 0 Å². The van der Waals surface area contributed by atoms with Gasteiger partial charge in [-0.05, 0) is 12.3 Å². The smallest absolute Gasteiger partial charge is 0.0617 e. The zero-order valence-electron chi connectivity index (χ0n) is 31.6. The molecule has 4 aliphatic heterocycles. The molecule has 0 aromatic carbocycles. The van der Waals surface area contributed by atoms with Crippen LogP contribution in [-0.4, -0.2) is 135 Å². The molecule has 9 nitrogen and oxygen atoms in total. The maximum absolute atomic E-state index is 13.1. The van der Waals surface area contributed by atoms with Crippen LogP contribution in [0.2, 0.25) is -1.01 Å². The molecule has 0 bridgehead atoms. The summed E-state index contributed by atoms with van der Waals surface area (Å²) >= 11 is 0.145. The Kier molecular flexibility index (Phi) is 14.8. The van der Waals surface area contributed by atoms with Crippen molar-refractivity contribution in [3.05, 3.63) is 0 Å². The molecule has 4 heterocycles. The average Bonchev–Trinajstić information content (AvgIpc) is 3.03. The Hall–Kier alpha value is 0.865. The van der Waals surface area contributed by atoms with E-state index in [4.69, 9.17) is 33.2 Å². The van der Waals surface area contributed by atoms with Crippen LogP contribution in [0.1, 0.15) is 103 Å². The third kappa shape index (κ3) is 8.58. The van der Waals surface area contributed by atoms with Gasteiger partial charge in [-0.15, -0.1) is 0 Å². The molecule has 4 fully saturated rings. The number of hydrogen-bond donors (Lipinski definition) is 0. The second kappa shape index (κ2) is 17.1. The summed E-state index contributed by atoms with van der Waals surface area (Å²) in [5.74, 6) is 1.56. The Labute approximate surface area is 323 Å². The topological polar surface area (TPSA) is 98.8 Å². The Morgan fingerprint density at radius 1 is 0.511 bits per heavy atom. The predicted molar refractivity (Wildman–Crippen MR) is 180 cm³/mol. The van der Waals surface area contributed by atoms with Crippen LogP contribution in [0, 0.1) is 47.3 Å². The zero-order chi connectivity index (χ0) is 35.1. The van der Waals surface area contributed by atoms with Gasteiger partial charge in [-0.1, -0.05) is 20.8 Å². The molecule has 47 heavy (non-hydrogen) atoms. The van der Waals surface area contributed by atoms with Crippen LogP contribution in [0.5, 0.6) is 0 Å². The summed E-state index contributed by atoms with van der Waals surface area (Å²) in [5, 5.41) is 0. The standard InChI is InChI=1S/C37H63O9.Rb/c1-14-28-20(6)18(4)23(9)36(42-28)45-33-22(8)24(10)37(46-35(33)26(12)39)44-31-17(3)16-30(41-29(31)15-2)43-32-21(7)19(5)27(13)40-34(32)25(11)38;/h16-24,27-37H,14-15H2,1-13H3;/t17-,18+,19?,20+,21+,22-,23?,24?,27?,28?,29?,30+,31+,32-,33+,34?,35?,36-,37-;/m1./s1. The van der Waals surface area contributed by atoms with Gasteiger partial charge in [0, 0.05) is 0 Å². The van der Waals surface area contributed by atoms with Gasteiger partial charge in [0.25, 0.3) is 0 Å². The van der Waals surface area contributed by atoms with Gasteiger partial charge in [0.05, 0.1) is 0 Å². The number of ether oxygens (including phenoxy) is 7. The summed E-state index contributed by atoms with van der Waals surface area (Å²) in [5.41, 5.74) is 0. The number of hydrogen-bond acceptors (Lipinski definition) is 9. The average molecular weight is 737 g/mol. The number of ketones is 2. The van der Waals surface area contributed by atoms with E-state index >= 15 is 0 Å². The van der Waals surface area contributed by atoms with Gasteiger partial charge >= 0.3 is 294 Å². The van der Waals surface area contributed by atoms with Crippen molar-refractivity contribution in [3.63, 3.8) is 0 Å². The molecule has 0 spiro atoms. The van der Waals surface area contributed by atoms with Gasteiger partial charge in [0.2, 0.25) is 0 Å². The molecule has 0 aromatic heterocycles. The van der Waals surface area contributed by atoms with Gasteiger partial charge in [-0.3, -0.25) is 0 Å². The van der Waals surface area contributed by atoms with E-state index in [-0.39, 0.29) is 138 Å². The van der Waals surface area contributed by atoms with Crippen LogP contribution >= 0.6 is 0 Å². The molecular formula is C37H63O9Rb. The molecule has 0 N–H and O–H groups in total. The van der Waals surface area contributed by atoms with Crippen molar-refractivity contribution in [2.24, 2.45) is 47.3 Å². The molecule has 4 saturated heterocycles. The van der Waals surface area contributed by atoms with E-state index in [9.17, 15) is 9.59 Å². The Bertz CT molecular complexity index is 1050. The molecule has 9 unspecified atom stereocenters. The van der Waals surface area contributed by atoms with Crippen LogP contribution in [0.25, 0.3) is 0 Å². The van der Waals surface area contributed by atoms with Gasteiger partial charge in [-0.25, -0.2) is 0 Å². The second-order valence-corrected chi connectivity index (χ2v) is 19.1. The summed E-state index contributed by atoms with van der Waals surface area (Å²) in [7, 11) is 0. The van der Waals surface area contributed by atoms with Crippen molar-refractivity contribution in [3.8, 4) is 0 Å². The van der Waals surface area contributed by atoms with Crippen molar-refractivity contribution in [1.29, 1.82) is 0 Å². The minimum atomic E-state index is -0.745. The molecule has 20 atom stereocenters. The number of rotatable bonds is 10. The first kappa shape index (κ1) is 40.6. The summed E-state index contributed by atoms with van der Waals surface area (Å²) < 4.78 is 46.4. The zero-order valence-corrected chi connectivity index (χ0v) is 36.6. The Balaban J connectivity index is 1.47. The van der Waals surface area contributed by atoms with Crippen molar-refractivity contribution in [1.82, 2.24) is 0 Å². The minimum Gasteiger partial charge on any atom is -0.0617 e. The van der Waals surface area contributed by atoms with E-state index in [1.54, 1.807) is 13.8 Å². The van der Waals surface area contributed by atoms with Crippen molar-refractivity contribution < 1.29 is 42.7 Å². The number of carbonyl (C=O) groups excluding carboxylic acids is 2. The van der Waals surface area contributed by atoms with Crippen LogP contribution in [0.4, 0.5) is 0 Å².